The Bertz CT molecular complexity index is 858. The molecule has 0 aliphatic carbocycles. The molecule has 1 aromatic heterocycles. The lowest BCUT2D eigenvalue weighted by molar-refractivity contribution is 0.102. The summed E-state index contributed by atoms with van der Waals surface area (Å²) < 4.78 is 31.4. The molecule has 0 fully saturated rings. The fraction of sp³-hybridized carbons (Fsp3) is 0.0588. The van der Waals surface area contributed by atoms with Crippen LogP contribution < -0.4 is 10.1 Å². The lowest BCUT2D eigenvalue weighted by Crippen LogP contribution is -2.12. The first-order chi connectivity index (χ1) is 11.5. The first kappa shape index (κ1) is 16.1. The second-order valence-electron chi connectivity index (χ2n) is 4.88. The van der Waals surface area contributed by atoms with Crippen molar-refractivity contribution >= 4 is 22.4 Å². The first-order valence-corrected chi connectivity index (χ1v) is 7.80. The molecule has 122 valence electrons. The molecule has 0 spiro atoms. The standard InChI is InChI=1S/C17H12F2N2O2S/c1-23-14-4-2-10(3-5-14)15-9-24-17(20-15)21-16(22)11-6-12(18)8-13(19)7-11/h2-9H,1H3,(H,20,21,22). The quantitative estimate of drug-likeness (QED) is 0.764. The second kappa shape index (κ2) is 6.76. The van der Waals surface area contributed by atoms with E-state index >= 15 is 0 Å². The highest BCUT2D eigenvalue weighted by atomic mass is 32.1. The monoisotopic (exact) mass is 346 g/mol. The molecule has 0 saturated carbocycles. The topological polar surface area (TPSA) is 51.2 Å². The summed E-state index contributed by atoms with van der Waals surface area (Å²) >= 11 is 1.22. The average molecular weight is 346 g/mol. The second-order valence-corrected chi connectivity index (χ2v) is 5.74. The molecule has 1 N–H and O–H groups in total. The molecule has 0 bridgehead atoms. The number of rotatable bonds is 4. The molecule has 7 heteroatoms. The number of nitrogens with one attached hydrogen (secondary N) is 1. The van der Waals surface area contributed by atoms with Crippen molar-refractivity contribution < 1.29 is 18.3 Å². The van der Waals surface area contributed by atoms with E-state index in [2.05, 4.69) is 10.3 Å². The SMILES string of the molecule is COc1ccc(-c2csc(NC(=O)c3cc(F)cc(F)c3)n2)cc1. The minimum atomic E-state index is -0.807. The van der Waals surface area contributed by atoms with Gasteiger partial charge in [-0.2, -0.15) is 0 Å². The van der Waals surface area contributed by atoms with Crippen LogP contribution in [0.3, 0.4) is 0 Å². The van der Waals surface area contributed by atoms with Crippen LogP contribution >= 0.6 is 11.3 Å². The molecule has 0 aliphatic rings. The fourth-order valence-electron chi connectivity index (χ4n) is 2.08. The molecular formula is C17H12F2N2O2S. The number of carbonyl (C=O) groups excluding carboxylic acids is 1. The van der Waals surface area contributed by atoms with Crippen molar-refractivity contribution in [3.05, 3.63) is 65.0 Å². The van der Waals surface area contributed by atoms with E-state index in [4.69, 9.17) is 4.74 Å². The smallest absolute Gasteiger partial charge is 0.257 e. The van der Waals surface area contributed by atoms with Gasteiger partial charge in [0.1, 0.15) is 17.4 Å². The highest BCUT2D eigenvalue weighted by molar-refractivity contribution is 7.14. The maximum Gasteiger partial charge on any atom is 0.257 e. The summed E-state index contributed by atoms with van der Waals surface area (Å²) in [5.74, 6) is -1.50. The Kier molecular flexibility index (Phi) is 4.52. The molecule has 3 aromatic rings. The van der Waals surface area contributed by atoms with E-state index in [9.17, 15) is 13.6 Å². The summed E-state index contributed by atoms with van der Waals surface area (Å²) in [6.07, 6.45) is 0. The van der Waals surface area contributed by atoms with Crippen LogP contribution in [0.5, 0.6) is 5.75 Å². The molecule has 1 amide bonds. The van der Waals surface area contributed by atoms with Crippen LogP contribution in [0.1, 0.15) is 10.4 Å². The van der Waals surface area contributed by atoms with Gasteiger partial charge in [0.05, 0.1) is 12.8 Å². The number of carbonyl (C=O) groups is 1. The lowest BCUT2D eigenvalue weighted by atomic mass is 10.2. The number of benzene rings is 2. The van der Waals surface area contributed by atoms with Crippen molar-refractivity contribution in [1.29, 1.82) is 0 Å². The molecular weight excluding hydrogens is 334 g/mol. The molecule has 0 radical (unpaired) electrons. The zero-order valence-electron chi connectivity index (χ0n) is 12.5. The zero-order valence-corrected chi connectivity index (χ0v) is 13.4. The van der Waals surface area contributed by atoms with Gasteiger partial charge >= 0.3 is 0 Å². The molecule has 0 aliphatic heterocycles. The van der Waals surface area contributed by atoms with Crippen molar-refractivity contribution in [2.45, 2.75) is 0 Å². The molecule has 0 unspecified atom stereocenters. The maximum atomic E-state index is 13.2. The van der Waals surface area contributed by atoms with Gasteiger partial charge in [0.25, 0.3) is 5.91 Å². The van der Waals surface area contributed by atoms with Crippen molar-refractivity contribution in [2.24, 2.45) is 0 Å². The number of ether oxygens (including phenoxy) is 1. The number of halogens is 2. The minimum absolute atomic E-state index is 0.103. The summed E-state index contributed by atoms with van der Waals surface area (Å²) in [4.78, 5) is 16.4. The molecule has 0 atom stereocenters. The van der Waals surface area contributed by atoms with Gasteiger partial charge in [0.15, 0.2) is 5.13 Å². The summed E-state index contributed by atoms with van der Waals surface area (Å²) in [5, 5.41) is 4.66. The van der Waals surface area contributed by atoms with E-state index in [1.54, 1.807) is 12.5 Å². The predicted octanol–water partition coefficient (Wildman–Crippen LogP) is 4.35. The van der Waals surface area contributed by atoms with E-state index in [1.165, 1.54) is 11.3 Å². The third kappa shape index (κ3) is 3.57. The summed E-state index contributed by atoms with van der Waals surface area (Å²) in [6.45, 7) is 0. The van der Waals surface area contributed by atoms with Gasteiger partial charge < -0.3 is 4.74 Å². The minimum Gasteiger partial charge on any atom is -0.497 e. The lowest BCUT2D eigenvalue weighted by Gasteiger charge is -2.03. The van der Waals surface area contributed by atoms with Crippen LogP contribution in [-0.4, -0.2) is 18.0 Å². The highest BCUT2D eigenvalue weighted by Crippen LogP contribution is 2.26. The third-order valence-electron chi connectivity index (χ3n) is 3.24. The Balaban J connectivity index is 1.76. The number of methoxy groups -OCH3 is 1. The van der Waals surface area contributed by atoms with Gasteiger partial charge in [-0.05, 0) is 36.4 Å². The van der Waals surface area contributed by atoms with E-state index in [1.807, 2.05) is 24.3 Å². The molecule has 3 rings (SSSR count). The number of hydrogen-bond donors (Lipinski definition) is 1. The third-order valence-corrected chi connectivity index (χ3v) is 3.99. The van der Waals surface area contributed by atoms with Crippen LogP contribution in [0.15, 0.2) is 47.8 Å². The van der Waals surface area contributed by atoms with Gasteiger partial charge in [-0.3, -0.25) is 10.1 Å². The maximum absolute atomic E-state index is 13.2. The van der Waals surface area contributed by atoms with Gasteiger partial charge in [-0.1, -0.05) is 0 Å². The molecule has 2 aromatic carbocycles. The first-order valence-electron chi connectivity index (χ1n) is 6.92. The molecule has 4 nitrogen and oxygen atoms in total. The fourth-order valence-corrected chi connectivity index (χ4v) is 2.79. The van der Waals surface area contributed by atoms with Crippen LogP contribution in [0, 0.1) is 11.6 Å². The van der Waals surface area contributed by atoms with Crippen LogP contribution in [0.4, 0.5) is 13.9 Å². The molecule has 24 heavy (non-hydrogen) atoms. The number of amides is 1. The van der Waals surface area contributed by atoms with Gasteiger partial charge in [-0.15, -0.1) is 11.3 Å². The van der Waals surface area contributed by atoms with Crippen molar-refractivity contribution in [1.82, 2.24) is 4.98 Å². The van der Waals surface area contributed by atoms with E-state index < -0.39 is 17.5 Å². The van der Waals surface area contributed by atoms with E-state index in [-0.39, 0.29) is 5.56 Å². The normalized spacial score (nSPS) is 10.5. The number of hydrogen-bond acceptors (Lipinski definition) is 4. The van der Waals surface area contributed by atoms with Gasteiger partial charge in [0, 0.05) is 22.6 Å². The van der Waals surface area contributed by atoms with Crippen molar-refractivity contribution in [3.8, 4) is 17.0 Å². The summed E-state index contributed by atoms with van der Waals surface area (Å²) in [7, 11) is 1.58. The number of aromatic nitrogens is 1. The Morgan fingerprint density at radius 2 is 1.79 bits per heavy atom. The average Bonchev–Trinajstić information content (AvgIpc) is 3.02. The number of thiazole rings is 1. The number of anilines is 1. The van der Waals surface area contributed by atoms with Crippen LogP contribution in [-0.2, 0) is 0 Å². The Hall–Kier alpha value is -2.80. The predicted molar refractivity (Wildman–Crippen MR) is 88.4 cm³/mol. The Morgan fingerprint density at radius 1 is 1.12 bits per heavy atom. The number of nitrogens with zero attached hydrogens (tertiary/aromatic N) is 1. The summed E-state index contributed by atoms with van der Waals surface area (Å²) in [5.41, 5.74) is 1.45. The van der Waals surface area contributed by atoms with Crippen molar-refractivity contribution in [2.75, 3.05) is 12.4 Å². The van der Waals surface area contributed by atoms with E-state index in [0.717, 1.165) is 23.4 Å². The Morgan fingerprint density at radius 3 is 2.42 bits per heavy atom. The van der Waals surface area contributed by atoms with Gasteiger partial charge in [-0.25, -0.2) is 13.8 Å². The Labute approximate surface area is 140 Å². The summed E-state index contributed by atoms with van der Waals surface area (Å²) in [6, 6.07) is 9.96. The van der Waals surface area contributed by atoms with Crippen LogP contribution in [0.2, 0.25) is 0 Å². The van der Waals surface area contributed by atoms with Gasteiger partial charge in [0.2, 0.25) is 0 Å². The van der Waals surface area contributed by atoms with E-state index in [0.29, 0.717) is 16.9 Å². The van der Waals surface area contributed by atoms with Crippen LogP contribution in [0.25, 0.3) is 11.3 Å². The molecule has 0 saturated heterocycles. The van der Waals surface area contributed by atoms with Crippen molar-refractivity contribution in [3.63, 3.8) is 0 Å². The zero-order chi connectivity index (χ0) is 17.1. The molecule has 1 heterocycles. The highest BCUT2D eigenvalue weighted by Gasteiger charge is 2.12. The largest absolute Gasteiger partial charge is 0.497 e.